The van der Waals surface area contributed by atoms with Gasteiger partial charge in [-0.3, -0.25) is 9.69 Å². The van der Waals surface area contributed by atoms with Crippen LogP contribution in [0.25, 0.3) is 0 Å². The van der Waals surface area contributed by atoms with Gasteiger partial charge < -0.3 is 5.32 Å². The Labute approximate surface area is 116 Å². The zero-order chi connectivity index (χ0) is 13.8. The Morgan fingerprint density at radius 1 is 1.47 bits per heavy atom. The molecule has 0 fully saturated rings. The summed E-state index contributed by atoms with van der Waals surface area (Å²) in [4.78, 5) is 14.3. The molecule has 0 saturated heterocycles. The molecule has 1 aromatic rings. The van der Waals surface area contributed by atoms with Crippen LogP contribution in [0.4, 0.5) is 5.69 Å². The molecular formula is C16H24N2O. The summed E-state index contributed by atoms with van der Waals surface area (Å²) in [6.45, 7) is 5.85. The van der Waals surface area contributed by atoms with Crippen molar-refractivity contribution in [1.29, 1.82) is 0 Å². The topological polar surface area (TPSA) is 32.3 Å². The van der Waals surface area contributed by atoms with E-state index < -0.39 is 0 Å². The minimum absolute atomic E-state index is 0.223. The molecule has 3 nitrogen and oxygen atoms in total. The summed E-state index contributed by atoms with van der Waals surface area (Å²) in [5.41, 5.74) is 3.30. The summed E-state index contributed by atoms with van der Waals surface area (Å²) in [6.07, 6.45) is 3.33. The number of fused-ring (bicyclic) bond motifs is 1. The molecule has 1 N–H and O–H groups in total. The number of likely N-dealkylation sites (N-methyl/N-ethyl adjacent to an activating group) is 1. The summed E-state index contributed by atoms with van der Waals surface area (Å²) < 4.78 is 0. The number of nitrogens with zero attached hydrogens (tertiary/aromatic N) is 1. The van der Waals surface area contributed by atoms with Crippen molar-refractivity contribution in [2.75, 3.05) is 25.5 Å². The second kappa shape index (κ2) is 6.20. The van der Waals surface area contributed by atoms with Crippen LogP contribution in [0, 0.1) is 0 Å². The van der Waals surface area contributed by atoms with Gasteiger partial charge in [-0.05, 0) is 57.1 Å². The number of Topliss-reactive ketones (excluding diaryl/α,β-unsaturated/α-hetero) is 1. The molecule has 0 aliphatic carbocycles. The molecule has 0 spiro atoms. The Morgan fingerprint density at radius 2 is 2.26 bits per heavy atom. The first-order valence-corrected chi connectivity index (χ1v) is 7.21. The summed E-state index contributed by atoms with van der Waals surface area (Å²) in [7, 11) is 2.02. The Hall–Kier alpha value is -1.35. The summed E-state index contributed by atoms with van der Waals surface area (Å²) in [5, 5.41) is 3.41. The van der Waals surface area contributed by atoms with E-state index in [1.807, 2.05) is 19.2 Å². The number of hydrogen-bond donors (Lipinski definition) is 1. The maximum atomic E-state index is 12.2. The van der Waals surface area contributed by atoms with Crippen molar-refractivity contribution in [1.82, 2.24) is 4.90 Å². The molecular weight excluding hydrogens is 236 g/mol. The van der Waals surface area contributed by atoms with Gasteiger partial charge in [0.25, 0.3) is 0 Å². The van der Waals surface area contributed by atoms with Gasteiger partial charge in [-0.2, -0.15) is 0 Å². The van der Waals surface area contributed by atoms with E-state index in [1.54, 1.807) is 0 Å². The van der Waals surface area contributed by atoms with Crippen molar-refractivity contribution in [3.05, 3.63) is 29.3 Å². The molecule has 0 bridgehead atoms. The first-order valence-electron chi connectivity index (χ1n) is 7.21. The molecule has 0 saturated carbocycles. The third-order valence-electron chi connectivity index (χ3n) is 3.66. The highest BCUT2D eigenvalue weighted by Crippen LogP contribution is 2.26. The van der Waals surface area contributed by atoms with Crippen molar-refractivity contribution >= 4 is 11.5 Å². The first-order chi connectivity index (χ1) is 9.10. The molecule has 1 heterocycles. The van der Waals surface area contributed by atoms with Crippen LogP contribution < -0.4 is 5.32 Å². The van der Waals surface area contributed by atoms with Crippen molar-refractivity contribution in [3.63, 3.8) is 0 Å². The predicted molar refractivity (Wildman–Crippen MR) is 80.0 cm³/mol. The van der Waals surface area contributed by atoms with Crippen molar-refractivity contribution in [2.24, 2.45) is 0 Å². The highest BCUT2D eigenvalue weighted by Gasteiger charge is 2.18. The fraction of sp³-hybridized carbons (Fsp3) is 0.562. The Balaban J connectivity index is 1.98. The molecule has 1 aliphatic rings. The van der Waals surface area contributed by atoms with E-state index in [1.165, 1.54) is 17.7 Å². The smallest absolute Gasteiger partial charge is 0.176 e. The van der Waals surface area contributed by atoms with Crippen LogP contribution in [0.3, 0.4) is 0 Å². The van der Waals surface area contributed by atoms with Gasteiger partial charge in [0.1, 0.15) is 0 Å². The van der Waals surface area contributed by atoms with Crippen molar-refractivity contribution in [3.8, 4) is 0 Å². The first kappa shape index (κ1) is 14.1. The van der Waals surface area contributed by atoms with E-state index >= 15 is 0 Å². The lowest BCUT2D eigenvalue weighted by atomic mass is 10.0. The summed E-state index contributed by atoms with van der Waals surface area (Å²) in [5.74, 6) is 0.223. The second-order valence-corrected chi connectivity index (χ2v) is 5.64. The van der Waals surface area contributed by atoms with Gasteiger partial charge >= 0.3 is 0 Å². The molecule has 2 rings (SSSR count). The molecule has 0 aromatic heterocycles. The van der Waals surface area contributed by atoms with E-state index in [0.717, 1.165) is 24.9 Å². The second-order valence-electron chi connectivity index (χ2n) is 5.64. The SMILES string of the molecule is CCCCN(C)CC(=O)c1ccc2c(c1)CC(C)N2. The lowest BCUT2D eigenvalue weighted by Gasteiger charge is -2.15. The minimum Gasteiger partial charge on any atom is -0.382 e. The van der Waals surface area contributed by atoms with Crippen LogP contribution in [-0.2, 0) is 6.42 Å². The standard InChI is InChI=1S/C16H24N2O/c1-4-5-8-18(3)11-16(19)13-6-7-15-14(10-13)9-12(2)17-15/h6-7,10,12,17H,4-5,8-9,11H2,1-3H3. The third-order valence-corrected chi connectivity index (χ3v) is 3.66. The fourth-order valence-electron chi connectivity index (χ4n) is 2.57. The van der Waals surface area contributed by atoms with Crippen LogP contribution in [-0.4, -0.2) is 36.9 Å². The zero-order valence-electron chi connectivity index (χ0n) is 12.2. The molecule has 3 heteroatoms. The average molecular weight is 260 g/mol. The van der Waals surface area contributed by atoms with Crippen LogP contribution in [0.15, 0.2) is 18.2 Å². The predicted octanol–water partition coefficient (Wildman–Crippen LogP) is 2.96. The normalized spacial score (nSPS) is 17.4. The summed E-state index contributed by atoms with van der Waals surface area (Å²) >= 11 is 0. The van der Waals surface area contributed by atoms with Crippen LogP contribution in [0.1, 0.15) is 42.6 Å². The Bertz CT molecular complexity index is 456. The van der Waals surface area contributed by atoms with Crippen LogP contribution in [0.2, 0.25) is 0 Å². The number of ketones is 1. The van der Waals surface area contributed by atoms with Gasteiger partial charge in [-0.15, -0.1) is 0 Å². The van der Waals surface area contributed by atoms with E-state index in [4.69, 9.17) is 0 Å². The molecule has 104 valence electrons. The van der Waals surface area contributed by atoms with E-state index in [9.17, 15) is 4.79 Å². The van der Waals surface area contributed by atoms with E-state index in [0.29, 0.717) is 12.6 Å². The molecule has 19 heavy (non-hydrogen) atoms. The van der Waals surface area contributed by atoms with Gasteiger partial charge in [0, 0.05) is 17.3 Å². The fourth-order valence-corrected chi connectivity index (χ4v) is 2.57. The zero-order valence-corrected chi connectivity index (χ0v) is 12.2. The van der Waals surface area contributed by atoms with E-state index in [-0.39, 0.29) is 5.78 Å². The van der Waals surface area contributed by atoms with Crippen molar-refractivity contribution in [2.45, 2.75) is 39.2 Å². The largest absolute Gasteiger partial charge is 0.382 e. The van der Waals surface area contributed by atoms with Gasteiger partial charge in [0.2, 0.25) is 0 Å². The highest BCUT2D eigenvalue weighted by atomic mass is 16.1. The molecule has 1 aliphatic heterocycles. The molecule has 0 radical (unpaired) electrons. The van der Waals surface area contributed by atoms with Gasteiger partial charge in [-0.1, -0.05) is 13.3 Å². The monoisotopic (exact) mass is 260 g/mol. The number of carbonyl (C=O) groups excluding carboxylic acids is 1. The van der Waals surface area contributed by atoms with E-state index in [2.05, 4.69) is 30.1 Å². The van der Waals surface area contributed by atoms with Crippen molar-refractivity contribution < 1.29 is 4.79 Å². The quantitative estimate of drug-likeness (QED) is 0.798. The van der Waals surface area contributed by atoms with Gasteiger partial charge in [0.05, 0.1) is 6.54 Å². The number of rotatable bonds is 6. The summed E-state index contributed by atoms with van der Waals surface area (Å²) in [6, 6.07) is 6.52. The molecule has 1 aromatic carbocycles. The van der Waals surface area contributed by atoms with Gasteiger partial charge in [-0.25, -0.2) is 0 Å². The number of hydrogen-bond acceptors (Lipinski definition) is 3. The molecule has 1 atom stereocenters. The maximum absolute atomic E-state index is 12.2. The number of nitrogens with one attached hydrogen (secondary N) is 1. The average Bonchev–Trinajstić information content (AvgIpc) is 2.75. The third kappa shape index (κ3) is 3.57. The molecule has 0 amide bonds. The van der Waals surface area contributed by atoms with Crippen LogP contribution in [0.5, 0.6) is 0 Å². The maximum Gasteiger partial charge on any atom is 0.176 e. The number of anilines is 1. The Morgan fingerprint density at radius 3 is 3.00 bits per heavy atom. The molecule has 1 unspecified atom stereocenters. The number of unbranched alkanes of at least 4 members (excludes halogenated alkanes) is 1. The highest BCUT2D eigenvalue weighted by molar-refractivity contribution is 5.98. The lowest BCUT2D eigenvalue weighted by molar-refractivity contribution is 0.0945. The lowest BCUT2D eigenvalue weighted by Crippen LogP contribution is -2.27. The van der Waals surface area contributed by atoms with Crippen LogP contribution >= 0.6 is 0 Å². The number of benzene rings is 1. The number of carbonyl (C=O) groups is 1. The minimum atomic E-state index is 0.223. The Kier molecular flexibility index (Phi) is 4.59. The van der Waals surface area contributed by atoms with Gasteiger partial charge in [0.15, 0.2) is 5.78 Å².